The van der Waals surface area contributed by atoms with Gasteiger partial charge < -0.3 is 0 Å². The van der Waals surface area contributed by atoms with E-state index in [4.69, 9.17) is 0 Å². The molecule has 1 aromatic heterocycles. The van der Waals surface area contributed by atoms with Crippen molar-refractivity contribution in [1.29, 1.82) is 0 Å². The Morgan fingerprint density at radius 1 is 1.24 bits per heavy atom. The van der Waals surface area contributed by atoms with Crippen LogP contribution in [0, 0.1) is 0 Å². The van der Waals surface area contributed by atoms with Crippen LogP contribution in [0.15, 0.2) is 27.4 Å². The van der Waals surface area contributed by atoms with E-state index in [0.29, 0.717) is 18.0 Å². The molecule has 2 heterocycles. The highest BCUT2D eigenvalue weighted by Crippen LogP contribution is 2.29. The van der Waals surface area contributed by atoms with Crippen molar-refractivity contribution in [3.8, 4) is 0 Å². The van der Waals surface area contributed by atoms with Gasteiger partial charge in [0.1, 0.15) is 11.7 Å². The quantitative estimate of drug-likeness (QED) is 0.635. The van der Waals surface area contributed by atoms with Gasteiger partial charge in [-0.15, -0.1) is 0 Å². The number of thiazole rings is 1. The summed E-state index contributed by atoms with van der Waals surface area (Å²) in [6, 6.07) is 5.48. The summed E-state index contributed by atoms with van der Waals surface area (Å²) in [5, 5.41) is 0. The van der Waals surface area contributed by atoms with Crippen molar-refractivity contribution >= 4 is 43.3 Å². The Morgan fingerprint density at radius 2 is 1.95 bits per heavy atom. The van der Waals surface area contributed by atoms with Gasteiger partial charge in [0.25, 0.3) is 4.34 Å². The van der Waals surface area contributed by atoms with E-state index in [0.717, 1.165) is 29.5 Å². The SMILES string of the molecule is CSc1sc2cc(S(=O)(=O)N3CCCCC3)ccc2[n+]1C. The molecule has 0 spiro atoms. The number of aromatic nitrogens is 1. The molecule has 21 heavy (non-hydrogen) atoms. The standard InChI is InChI=1S/C14H19N2O2S3/c1-15-12-7-6-11(10-13(12)20-14(15)19-2)21(17,18)16-8-4-3-5-9-16/h6-7,10H,3-5,8-9H2,1-2H3/q+1. The molecule has 7 heteroatoms. The van der Waals surface area contributed by atoms with Crippen LogP contribution in [-0.4, -0.2) is 32.1 Å². The molecule has 0 aliphatic carbocycles. The summed E-state index contributed by atoms with van der Waals surface area (Å²) < 4.78 is 31.4. The van der Waals surface area contributed by atoms with Crippen LogP contribution < -0.4 is 4.57 Å². The van der Waals surface area contributed by atoms with E-state index in [-0.39, 0.29) is 0 Å². The van der Waals surface area contributed by atoms with Crippen LogP contribution in [0.3, 0.4) is 0 Å². The van der Waals surface area contributed by atoms with Crippen molar-refractivity contribution in [1.82, 2.24) is 4.31 Å². The van der Waals surface area contributed by atoms with Crippen molar-refractivity contribution < 1.29 is 13.0 Å². The number of piperidine rings is 1. The maximum Gasteiger partial charge on any atom is 0.297 e. The second-order valence-corrected chi connectivity index (χ2v) is 9.25. The maximum absolute atomic E-state index is 12.7. The third-order valence-electron chi connectivity index (χ3n) is 3.89. The fourth-order valence-electron chi connectivity index (χ4n) is 2.71. The van der Waals surface area contributed by atoms with Gasteiger partial charge in [-0.05, 0) is 43.0 Å². The lowest BCUT2D eigenvalue weighted by atomic mass is 10.2. The smallest absolute Gasteiger partial charge is 0.207 e. The van der Waals surface area contributed by atoms with Crippen LogP contribution >= 0.6 is 23.1 Å². The minimum absolute atomic E-state index is 0.423. The highest BCUT2D eigenvalue weighted by molar-refractivity contribution is 8.00. The monoisotopic (exact) mass is 343 g/mol. The Balaban J connectivity index is 2.04. The van der Waals surface area contributed by atoms with E-state index >= 15 is 0 Å². The Labute approximate surface area is 133 Å². The molecule has 0 atom stereocenters. The topological polar surface area (TPSA) is 41.3 Å². The zero-order valence-corrected chi connectivity index (χ0v) is 14.7. The Kier molecular flexibility index (Phi) is 4.27. The summed E-state index contributed by atoms with van der Waals surface area (Å²) in [5.74, 6) is 0. The van der Waals surface area contributed by atoms with Gasteiger partial charge in [0.2, 0.25) is 15.5 Å². The Bertz CT molecular complexity index is 762. The van der Waals surface area contributed by atoms with E-state index < -0.39 is 10.0 Å². The first-order valence-electron chi connectivity index (χ1n) is 7.01. The molecule has 1 aliphatic heterocycles. The molecule has 3 rings (SSSR count). The van der Waals surface area contributed by atoms with Crippen molar-refractivity contribution in [2.75, 3.05) is 19.3 Å². The van der Waals surface area contributed by atoms with E-state index in [1.165, 1.54) is 4.34 Å². The lowest BCUT2D eigenvalue weighted by molar-refractivity contribution is -0.676. The van der Waals surface area contributed by atoms with E-state index in [1.807, 2.05) is 25.4 Å². The van der Waals surface area contributed by atoms with Crippen molar-refractivity contribution in [2.45, 2.75) is 28.5 Å². The van der Waals surface area contributed by atoms with Crippen LogP contribution in [0.25, 0.3) is 10.2 Å². The first-order valence-corrected chi connectivity index (χ1v) is 10.5. The summed E-state index contributed by atoms with van der Waals surface area (Å²) in [5.41, 5.74) is 1.09. The highest BCUT2D eigenvalue weighted by atomic mass is 32.2. The van der Waals surface area contributed by atoms with Crippen LogP contribution in [-0.2, 0) is 17.1 Å². The minimum atomic E-state index is -3.34. The van der Waals surface area contributed by atoms with Gasteiger partial charge in [-0.1, -0.05) is 17.8 Å². The zero-order valence-electron chi connectivity index (χ0n) is 12.2. The first-order chi connectivity index (χ1) is 10.0. The average Bonchev–Trinajstić information content (AvgIpc) is 2.84. The molecule has 2 aromatic rings. The molecule has 114 valence electrons. The third-order valence-corrected chi connectivity index (χ3v) is 8.15. The fourth-order valence-corrected chi connectivity index (χ4v) is 6.22. The van der Waals surface area contributed by atoms with Gasteiger partial charge in [0.05, 0.1) is 4.90 Å². The predicted octanol–water partition coefficient (Wildman–Crippen LogP) is 2.62. The normalized spacial score (nSPS) is 17.4. The van der Waals surface area contributed by atoms with E-state index in [9.17, 15) is 8.42 Å². The number of aryl methyl sites for hydroxylation is 1. The van der Waals surface area contributed by atoms with Crippen LogP contribution in [0.1, 0.15) is 19.3 Å². The molecule has 1 fully saturated rings. The lowest BCUT2D eigenvalue weighted by Gasteiger charge is -2.25. The number of nitrogens with zero attached hydrogens (tertiary/aromatic N) is 2. The van der Waals surface area contributed by atoms with E-state index in [1.54, 1.807) is 33.5 Å². The Morgan fingerprint density at radius 3 is 2.62 bits per heavy atom. The number of benzene rings is 1. The largest absolute Gasteiger partial charge is 0.297 e. The van der Waals surface area contributed by atoms with Crippen LogP contribution in [0.4, 0.5) is 0 Å². The molecule has 1 saturated heterocycles. The molecule has 1 aromatic carbocycles. The van der Waals surface area contributed by atoms with Gasteiger partial charge in [0.15, 0.2) is 0 Å². The summed E-state index contributed by atoms with van der Waals surface area (Å²) in [6.45, 7) is 1.29. The summed E-state index contributed by atoms with van der Waals surface area (Å²) >= 11 is 3.33. The molecular weight excluding hydrogens is 324 g/mol. The van der Waals surface area contributed by atoms with Gasteiger partial charge in [-0.3, -0.25) is 0 Å². The molecule has 0 radical (unpaired) electrons. The molecule has 1 aliphatic rings. The van der Waals surface area contributed by atoms with Gasteiger partial charge in [-0.25, -0.2) is 8.42 Å². The minimum Gasteiger partial charge on any atom is -0.207 e. The molecule has 4 nitrogen and oxygen atoms in total. The summed E-state index contributed by atoms with van der Waals surface area (Å²) in [7, 11) is -1.32. The molecule has 0 N–H and O–H groups in total. The highest BCUT2D eigenvalue weighted by Gasteiger charge is 2.27. The zero-order chi connectivity index (χ0) is 15.0. The van der Waals surface area contributed by atoms with Crippen LogP contribution in [0.2, 0.25) is 0 Å². The molecular formula is C14H19N2O2S3+. The van der Waals surface area contributed by atoms with Gasteiger partial charge in [0, 0.05) is 19.2 Å². The lowest BCUT2D eigenvalue weighted by Crippen LogP contribution is -2.35. The van der Waals surface area contributed by atoms with Gasteiger partial charge in [-0.2, -0.15) is 8.87 Å². The average molecular weight is 344 g/mol. The maximum atomic E-state index is 12.7. The molecule has 0 saturated carbocycles. The second-order valence-electron chi connectivity index (χ2n) is 5.23. The first kappa shape index (κ1) is 15.3. The molecule has 0 unspecified atom stereocenters. The molecule has 0 amide bonds. The van der Waals surface area contributed by atoms with Crippen LogP contribution in [0.5, 0.6) is 0 Å². The number of sulfonamides is 1. The predicted molar refractivity (Wildman–Crippen MR) is 87.4 cm³/mol. The Hall–Kier alpha value is -0.630. The van der Waals surface area contributed by atoms with E-state index in [2.05, 4.69) is 4.57 Å². The van der Waals surface area contributed by atoms with Crippen molar-refractivity contribution in [3.63, 3.8) is 0 Å². The number of hydrogen-bond donors (Lipinski definition) is 0. The molecule has 0 bridgehead atoms. The summed E-state index contributed by atoms with van der Waals surface area (Å²) in [4.78, 5) is 0.423. The fraction of sp³-hybridized carbons (Fsp3) is 0.500. The number of hydrogen-bond acceptors (Lipinski definition) is 4. The van der Waals surface area contributed by atoms with Crippen molar-refractivity contribution in [3.05, 3.63) is 18.2 Å². The number of thioether (sulfide) groups is 1. The second kappa shape index (κ2) is 5.87. The van der Waals surface area contributed by atoms with Crippen molar-refractivity contribution in [2.24, 2.45) is 7.05 Å². The number of fused-ring (bicyclic) bond motifs is 1. The third kappa shape index (κ3) is 2.72. The summed E-state index contributed by atoms with van der Waals surface area (Å²) in [6.07, 6.45) is 5.09. The number of rotatable bonds is 3. The van der Waals surface area contributed by atoms with Gasteiger partial charge >= 0.3 is 0 Å².